The van der Waals surface area contributed by atoms with Gasteiger partial charge in [0.15, 0.2) is 17.3 Å². The smallest absolute Gasteiger partial charge is 0.328 e. The lowest BCUT2D eigenvalue weighted by molar-refractivity contribution is -0.141. The molecule has 292 valence electrons. The summed E-state index contributed by atoms with van der Waals surface area (Å²) in [5, 5.41) is 81.7. The Hall–Kier alpha value is -5.10. The number of hydrogen-bond donors (Lipinski definition) is 8. The minimum absolute atomic E-state index is 0.0602. The number of rotatable bonds is 13. The predicted molar refractivity (Wildman–Crippen MR) is 209 cm³/mol. The van der Waals surface area contributed by atoms with Gasteiger partial charge in [-0.1, -0.05) is 80.4 Å². The van der Waals surface area contributed by atoms with E-state index < -0.39 is 59.1 Å². The van der Waals surface area contributed by atoms with Crippen molar-refractivity contribution >= 4 is 40.3 Å². The van der Waals surface area contributed by atoms with Gasteiger partial charge in [0, 0.05) is 57.1 Å². The number of Topliss-reactive ketones (excluding diaryl/α,β-unsaturated/α-hetero) is 1. The van der Waals surface area contributed by atoms with Crippen molar-refractivity contribution in [1.82, 2.24) is 5.32 Å². The molecule has 8 N–H and O–H groups in total. The van der Waals surface area contributed by atoms with Crippen LogP contribution in [0.4, 0.5) is 0 Å². The lowest BCUT2D eigenvalue weighted by Crippen LogP contribution is -2.41. The highest BCUT2D eigenvalue weighted by atomic mass is 16.4. The zero-order valence-electron chi connectivity index (χ0n) is 32.6. The topological polar surface area (TPSA) is 217 Å². The molecule has 0 saturated heterocycles. The largest absolute Gasteiger partial charge is 0.507 e. The Morgan fingerprint density at radius 2 is 1.39 bits per heavy atom. The average molecular weight is 747 g/mol. The molecular formula is C42H54N2O10. The second kappa shape index (κ2) is 16.1. The van der Waals surface area contributed by atoms with Gasteiger partial charge in [-0.2, -0.15) is 0 Å². The highest BCUT2D eigenvalue weighted by molar-refractivity contribution is 6.26. The third-order valence-electron chi connectivity index (χ3n) is 11.1. The number of ketones is 1. The third-order valence-corrected chi connectivity index (χ3v) is 11.1. The van der Waals surface area contributed by atoms with Crippen LogP contribution in [0.5, 0.6) is 23.0 Å². The zero-order chi connectivity index (χ0) is 40.7. The first kappa shape index (κ1) is 41.7. The molecule has 0 amide bonds. The van der Waals surface area contributed by atoms with Crippen LogP contribution in [-0.2, 0) is 14.4 Å². The van der Waals surface area contributed by atoms with E-state index in [0.717, 1.165) is 6.21 Å². The summed E-state index contributed by atoms with van der Waals surface area (Å²) in [4.78, 5) is 42.5. The van der Waals surface area contributed by atoms with Crippen LogP contribution in [0.15, 0.2) is 23.3 Å². The number of benzene rings is 3. The lowest BCUT2D eigenvalue weighted by atomic mass is 9.70. The summed E-state index contributed by atoms with van der Waals surface area (Å²) >= 11 is 0. The van der Waals surface area contributed by atoms with Crippen LogP contribution in [0.3, 0.4) is 0 Å². The number of aliphatic hydroxyl groups excluding tert-OH is 1. The summed E-state index contributed by atoms with van der Waals surface area (Å²) in [6.07, 6.45) is 1.92. The van der Waals surface area contributed by atoms with Gasteiger partial charge in [0.25, 0.3) is 0 Å². The summed E-state index contributed by atoms with van der Waals surface area (Å²) in [6.45, 7) is 17.8. The molecular weight excluding hydrogens is 692 g/mol. The van der Waals surface area contributed by atoms with Crippen molar-refractivity contribution in [2.24, 2.45) is 22.7 Å². The molecule has 0 fully saturated rings. The van der Waals surface area contributed by atoms with Gasteiger partial charge < -0.3 is 41.1 Å². The van der Waals surface area contributed by atoms with Crippen LogP contribution >= 0.6 is 0 Å². The number of carboxylic acids is 2. The molecule has 0 spiro atoms. The van der Waals surface area contributed by atoms with Crippen LogP contribution in [-0.4, -0.2) is 77.9 Å². The molecule has 3 aromatic carbocycles. The Balaban J connectivity index is 2.16. The van der Waals surface area contributed by atoms with Crippen LogP contribution < -0.4 is 5.32 Å². The van der Waals surface area contributed by atoms with Crippen LogP contribution in [0.1, 0.15) is 113 Å². The number of hydrogen-bond acceptors (Lipinski definition) is 10. The number of aromatic hydroxyl groups is 4. The second-order valence-corrected chi connectivity index (χ2v) is 15.4. The number of nitrogens with zero attached hydrogens (tertiary/aromatic N) is 1. The first-order valence-corrected chi connectivity index (χ1v) is 18.5. The van der Waals surface area contributed by atoms with Gasteiger partial charge in [-0.05, 0) is 59.6 Å². The number of aliphatic hydroxyl groups is 1. The monoisotopic (exact) mass is 746 g/mol. The van der Waals surface area contributed by atoms with Crippen molar-refractivity contribution in [3.8, 4) is 34.1 Å². The van der Waals surface area contributed by atoms with E-state index in [4.69, 9.17) is 0 Å². The molecule has 0 bridgehead atoms. The molecule has 0 radical (unpaired) electrons. The van der Waals surface area contributed by atoms with Crippen LogP contribution in [0.2, 0.25) is 0 Å². The third kappa shape index (κ3) is 7.23. The molecule has 12 heteroatoms. The number of phenols is 4. The molecule has 1 unspecified atom stereocenters. The number of phenolic OH excluding ortho intramolecular Hbond substituents is 4. The molecule has 54 heavy (non-hydrogen) atoms. The van der Waals surface area contributed by atoms with Gasteiger partial charge in [0.2, 0.25) is 0 Å². The number of fused-ring (bicyclic) bond motifs is 2. The van der Waals surface area contributed by atoms with Crippen molar-refractivity contribution in [3.05, 3.63) is 51.7 Å². The fourth-order valence-corrected chi connectivity index (χ4v) is 7.70. The number of aryl methyl sites for hydroxylation is 2. The molecule has 1 aliphatic rings. The van der Waals surface area contributed by atoms with Gasteiger partial charge in [-0.25, -0.2) is 9.59 Å². The van der Waals surface area contributed by atoms with E-state index in [1.54, 1.807) is 53.7 Å². The number of aliphatic imine (C=N–C) groups is 1. The van der Waals surface area contributed by atoms with Gasteiger partial charge >= 0.3 is 11.9 Å². The van der Waals surface area contributed by atoms with Gasteiger partial charge in [-0.15, -0.1) is 0 Å². The van der Waals surface area contributed by atoms with Gasteiger partial charge in [0.05, 0.1) is 0 Å². The second-order valence-electron chi connectivity index (χ2n) is 15.4. The van der Waals surface area contributed by atoms with Gasteiger partial charge in [0.1, 0.15) is 29.7 Å². The molecule has 6 atom stereocenters. The van der Waals surface area contributed by atoms with Crippen molar-refractivity contribution in [1.29, 1.82) is 0 Å². The number of nitrogens with one attached hydrogen (secondary N) is 1. The first-order valence-electron chi connectivity index (χ1n) is 18.5. The number of aliphatic carboxylic acids is 2. The molecule has 4 rings (SSSR count). The quantitative estimate of drug-likeness (QED) is 0.0501. The Kier molecular flexibility index (Phi) is 12.4. The van der Waals surface area contributed by atoms with Crippen molar-refractivity contribution < 1.29 is 50.1 Å². The van der Waals surface area contributed by atoms with E-state index in [9.17, 15) is 50.1 Å². The standard InChI is InChI=1S/C42H54N2O10/c1-11-19(7)33(41(51)52)43-15-25-31-23(27(17(3)4)39(49)35(25)45)13-21(9)29(37(31)47)30-22(10)14-24-28(18(5)6)40(50)36(46)26(32(24)38(30)48)16-44-34(42(53)54)20(8)12-2/h13-20,27,33-34,39,43,46-50H,11-12H2,1-10H3,(H,51,52)(H,53,54)/b25-15-,44-16?/t19-,20-,27+,33-,34-,39?/m0/s1. The fourth-order valence-electron chi connectivity index (χ4n) is 7.70. The SMILES string of the molecule is CC[C@H](C)[C@H](N=Cc1c(O)c(O)c(C(C)C)c2cc(C)c(-c3c(C)cc4c(c3O)/C(=C/N[C@H](C(=O)O)[C@@H](C)CC)C(=O)C(O)[C@@H]4C(C)C)c(O)c12)C(=O)O. The first-order chi connectivity index (χ1) is 25.2. The number of carboxylic acid groups (broad SMARTS) is 2. The number of carbonyl (C=O) groups excluding carboxylic acids is 1. The maximum Gasteiger partial charge on any atom is 0.328 e. The minimum atomic E-state index is -1.48. The van der Waals surface area contributed by atoms with Crippen molar-refractivity contribution in [3.63, 3.8) is 0 Å². The molecule has 0 aromatic heterocycles. The van der Waals surface area contributed by atoms with E-state index in [1.165, 1.54) is 6.20 Å². The molecule has 12 nitrogen and oxygen atoms in total. The highest BCUT2D eigenvalue weighted by Crippen LogP contribution is 2.54. The summed E-state index contributed by atoms with van der Waals surface area (Å²) in [5.74, 6) is -6.86. The van der Waals surface area contributed by atoms with Crippen LogP contribution in [0, 0.1) is 31.6 Å². The highest BCUT2D eigenvalue weighted by Gasteiger charge is 2.42. The minimum Gasteiger partial charge on any atom is -0.507 e. The Morgan fingerprint density at radius 3 is 1.91 bits per heavy atom. The van der Waals surface area contributed by atoms with E-state index in [0.29, 0.717) is 40.5 Å². The predicted octanol–water partition coefficient (Wildman–Crippen LogP) is 7.10. The van der Waals surface area contributed by atoms with E-state index >= 15 is 0 Å². The normalized spacial score (nSPS) is 19.1. The van der Waals surface area contributed by atoms with Crippen LogP contribution in [0.25, 0.3) is 27.5 Å². The fraction of sp³-hybridized carbons (Fsp3) is 0.476. The molecule has 3 aromatic rings. The van der Waals surface area contributed by atoms with Crippen molar-refractivity contribution in [2.45, 2.75) is 112 Å². The average Bonchev–Trinajstić information content (AvgIpc) is 3.08. The van der Waals surface area contributed by atoms with E-state index in [1.807, 2.05) is 27.7 Å². The molecule has 0 aliphatic heterocycles. The van der Waals surface area contributed by atoms with E-state index in [2.05, 4.69) is 10.3 Å². The maximum absolute atomic E-state index is 13.9. The Morgan fingerprint density at radius 1 is 0.815 bits per heavy atom. The number of carbonyl (C=O) groups is 3. The summed E-state index contributed by atoms with van der Waals surface area (Å²) in [5.41, 5.74) is 1.87. The van der Waals surface area contributed by atoms with Gasteiger partial charge in [-0.3, -0.25) is 9.79 Å². The summed E-state index contributed by atoms with van der Waals surface area (Å²) in [7, 11) is 0. The summed E-state index contributed by atoms with van der Waals surface area (Å²) < 4.78 is 0. The maximum atomic E-state index is 13.9. The molecule has 0 heterocycles. The molecule has 0 saturated carbocycles. The zero-order valence-corrected chi connectivity index (χ0v) is 32.6. The van der Waals surface area contributed by atoms with Crippen molar-refractivity contribution in [2.75, 3.05) is 0 Å². The lowest BCUT2D eigenvalue weighted by Gasteiger charge is -2.35. The Bertz CT molecular complexity index is 2050. The van der Waals surface area contributed by atoms with E-state index in [-0.39, 0.29) is 62.6 Å². The molecule has 1 aliphatic carbocycles. The Labute approximate surface area is 315 Å². The summed E-state index contributed by atoms with van der Waals surface area (Å²) in [6, 6.07) is 1.19.